The standard InChI is InChI=1S/C15H13NO4/c1-19-13-4-2-3-12-11(13)7-8-16(12)9-10-5-6-14(20-10)15(17)18/h2-8H,9H2,1H3,(H,17,18). The fraction of sp³-hybridized carbons (Fsp3) is 0.133. The SMILES string of the molecule is COc1cccc2c1ccn2Cc1ccc(C(=O)O)o1. The lowest BCUT2D eigenvalue weighted by Crippen LogP contribution is -1.97. The Balaban J connectivity index is 1.96. The fourth-order valence-electron chi connectivity index (χ4n) is 2.26. The lowest BCUT2D eigenvalue weighted by molar-refractivity contribution is 0.0660. The molecule has 0 atom stereocenters. The predicted molar refractivity (Wildman–Crippen MR) is 73.3 cm³/mol. The monoisotopic (exact) mass is 271 g/mol. The van der Waals surface area contributed by atoms with Crippen molar-refractivity contribution in [3.05, 3.63) is 54.1 Å². The molecule has 0 spiro atoms. The summed E-state index contributed by atoms with van der Waals surface area (Å²) in [6.45, 7) is 0.476. The van der Waals surface area contributed by atoms with Crippen LogP contribution in [0.3, 0.4) is 0 Å². The highest BCUT2D eigenvalue weighted by atomic mass is 16.5. The van der Waals surface area contributed by atoms with Gasteiger partial charge in [-0.2, -0.15) is 0 Å². The van der Waals surface area contributed by atoms with Crippen LogP contribution in [0.15, 0.2) is 47.0 Å². The summed E-state index contributed by atoms with van der Waals surface area (Å²) >= 11 is 0. The van der Waals surface area contributed by atoms with Crippen molar-refractivity contribution in [1.82, 2.24) is 4.57 Å². The third-order valence-electron chi connectivity index (χ3n) is 3.19. The molecule has 5 heteroatoms. The second kappa shape index (κ2) is 4.77. The summed E-state index contributed by atoms with van der Waals surface area (Å²) in [6, 6.07) is 10.9. The first-order valence-corrected chi connectivity index (χ1v) is 6.13. The largest absolute Gasteiger partial charge is 0.496 e. The molecule has 0 saturated heterocycles. The Bertz CT molecular complexity index is 769. The van der Waals surface area contributed by atoms with E-state index < -0.39 is 5.97 Å². The minimum absolute atomic E-state index is 0.0472. The lowest BCUT2D eigenvalue weighted by Gasteiger charge is -2.05. The number of aromatic carboxylic acids is 1. The number of carboxylic acids is 1. The summed E-state index contributed by atoms with van der Waals surface area (Å²) in [5.41, 5.74) is 1.01. The van der Waals surface area contributed by atoms with Gasteiger partial charge in [0.25, 0.3) is 0 Å². The number of furan rings is 1. The van der Waals surface area contributed by atoms with E-state index in [1.807, 2.05) is 35.0 Å². The van der Waals surface area contributed by atoms with Crippen molar-refractivity contribution in [2.75, 3.05) is 7.11 Å². The Kier molecular flexibility index (Phi) is 2.95. The molecule has 1 aromatic carbocycles. The summed E-state index contributed by atoms with van der Waals surface area (Å²) in [7, 11) is 1.64. The van der Waals surface area contributed by atoms with Crippen LogP contribution < -0.4 is 4.74 Å². The number of carboxylic acid groups (broad SMARTS) is 1. The van der Waals surface area contributed by atoms with Crippen LogP contribution in [0.1, 0.15) is 16.3 Å². The number of rotatable bonds is 4. The van der Waals surface area contributed by atoms with Gasteiger partial charge in [0.05, 0.1) is 19.2 Å². The molecule has 0 radical (unpaired) electrons. The molecule has 2 aromatic heterocycles. The topological polar surface area (TPSA) is 64.6 Å². The number of benzene rings is 1. The smallest absolute Gasteiger partial charge is 0.371 e. The number of nitrogens with zero attached hydrogens (tertiary/aromatic N) is 1. The zero-order chi connectivity index (χ0) is 14.1. The maximum absolute atomic E-state index is 10.8. The van der Waals surface area contributed by atoms with Gasteiger partial charge in [-0.3, -0.25) is 0 Å². The molecule has 3 aromatic rings. The van der Waals surface area contributed by atoms with Gasteiger partial charge in [-0.05, 0) is 30.3 Å². The molecule has 0 amide bonds. The highest BCUT2D eigenvalue weighted by Crippen LogP contribution is 2.26. The molecule has 5 nitrogen and oxygen atoms in total. The summed E-state index contributed by atoms with van der Waals surface area (Å²) in [4.78, 5) is 10.8. The number of ether oxygens (including phenoxy) is 1. The van der Waals surface area contributed by atoms with Crippen LogP contribution in [-0.2, 0) is 6.54 Å². The van der Waals surface area contributed by atoms with Gasteiger partial charge >= 0.3 is 5.97 Å². The van der Waals surface area contributed by atoms with Crippen LogP contribution >= 0.6 is 0 Å². The van der Waals surface area contributed by atoms with Gasteiger partial charge < -0.3 is 18.8 Å². The van der Waals surface area contributed by atoms with Gasteiger partial charge in [0.2, 0.25) is 5.76 Å². The molecule has 0 aliphatic rings. The summed E-state index contributed by atoms with van der Waals surface area (Å²) in [5.74, 6) is 0.305. The van der Waals surface area contributed by atoms with Gasteiger partial charge in [0.1, 0.15) is 11.5 Å². The number of hydrogen-bond donors (Lipinski definition) is 1. The number of hydrogen-bond acceptors (Lipinski definition) is 3. The second-order valence-electron chi connectivity index (χ2n) is 4.41. The summed E-state index contributed by atoms with van der Waals surface area (Å²) < 4.78 is 12.6. The second-order valence-corrected chi connectivity index (χ2v) is 4.41. The molecule has 0 fully saturated rings. The average molecular weight is 271 g/mol. The number of aromatic nitrogens is 1. The average Bonchev–Trinajstić information content (AvgIpc) is 3.06. The maximum atomic E-state index is 10.8. The Morgan fingerprint density at radius 3 is 2.85 bits per heavy atom. The Hall–Kier alpha value is -2.69. The van der Waals surface area contributed by atoms with Crippen molar-refractivity contribution >= 4 is 16.9 Å². The number of methoxy groups -OCH3 is 1. The molecular formula is C15H13NO4. The third-order valence-corrected chi connectivity index (χ3v) is 3.19. The molecule has 2 heterocycles. The van der Waals surface area contributed by atoms with Crippen LogP contribution in [0.2, 0.25) is 0 Å². The van der Waals surface area contributed by atoms with E-state index >= 15 is 0 Å². The van der Waals surface area contributed by atoms with Crippen molar-refractivity contribution in [3.8, 4) is 5.75 Å². The van der Waals surface area contributed by atoms with E-state index in [-0.39, 0.29) is 5.76 Å². The highest BCUT2D eigenvalue weighted by Gasteiger charge is 2.11. The first-order valence-electron chi connectivity index (χ1n) is 6.13. The van der Waals surface area contributed by atoms with Gasteiger partial charge in [0.15, 0.2) is 0 Å². The van der Waals surface area contributed by atoms with E-state index in [0.29, 0.717) is 12.3 Å². The molecule has 1 N–H and O–H groups in total. The molecule has 0 aliphatic carbocycles. The highest BCUT2D eigenvalue weighted by molar-refractivity contribution is 5.86. The van der Waals surface area contributed by atoms with E-state index in [1.165, 1.54) is 6.07 Å². The van der Waals surface area contributed by atoms with Crippen molar-refractivity contribution in [3.63, 3.8) is 0 Å². The first-order chi connectivity index (χ1) is 9.69. The van der Waals surface area contributed by atoms with E-state index in [4.69, 9.17) is 14.3 Å². The number of fused-ring (bicyclic) bond motifs is 1. The molecule has 0 unspecified atom stereocenters. The minimum Gasteiger partial charge on any atom is -0.496 e. The van der Waals surface area contributed by atoms with Gasteiger partial charge in [-0.15, -0.1) is 0 Å². The van der Waals surface area contributed by atoms with Crippen LogP contribution in [-0.4, -0.2) is 22.8 Å². The van der Waals surface area contributed by atoms with Crippen LogP contribution in [0, 0.1) is 0 Å². The van der Waals surface area contributed by atoms with Gasteiger partial charge in [-0.25, -0.2) is 4.79 Å². The normalized spacial score (nSPS) is 10.8. The molecule has 3 rings (SSSR count). The summed E-state index contributed by atoms with van der Waals surface area (Å²) in [6.07, 6.45) is 1.93. The maximum Gasteiger partial charge on any atom is 0.371 e. The van der Waals surface area contributed by atoms with Crippen LogP contribution in [0.25, 0.3) is 10.9 Å². The molecule has 102 valence electrons. The lowest BCUT2D eigenvalue weighted by atomic mass is 10.2. The zero-order valence-corrected chi connectivity index (χ0v) is 10.9. The summed E-state index contributed by atoms with van der Waals surface area (Å²) in [5, 5.41) is 9.86. The van der Waals surface area contributed by atoms with Crippen molar-refractivity contribution in [1.29, 1.82) is 0 Å². The van der Waals surface area contributed by atoms with Gasteiger partial charge in [0, 0.05) is 11.6 Å². The van der Waals surface area contributed by atoms with Gasteiger partial charge in [-0.1, -0.05) is 6.07 Å². The molecule has 0 bridgehead atoms. The van der Waals surface area contributed by atoms with E-state index in [1.54, 1.807) is 13.2 Å². The molecule has 0 saturated carbocycles. The minimum atomic E-state index is -1.06. The number of carbonyl (C=O) groups is 1. The van der Waals surface area contributed by atoms with Crippen LogP contribution in [0.5, 0.6) is 5.75 Å². The van der Waals surface area contributed by atoms with Crippen molar-refractivity contribution < 1.29 is 19.1 Å². The zero-order valence-electron chi connectivity index (χ0n) is 10.9. The van der Waals surface area contributed by atoms with Crippen molar-refractivity contribution in [2.24, 2.45) is 0 Å². The van der Waals surface area contributed by atoms with E-state index in [2.05, 4.69) is 0 Å². The Labute approximate surface area is 115 Å². The third kappa shape index (κ3) is 2.03. The first kappa shape index (κ1) is 12.3. The molecule has 20 heavy (non-hydrogen) atoms. The Morgan fingerprint density at radius 2 is 2.15 bits per heavy atom. The van der Waals surface area contributed by atoms with E-state index in [9.17, 15) is 4.79 Å². The molecular weight excluding hydrogens is 258 g/mol. The van der Waals surface area contributed by atoms with E-state index in [0.717, 1.165) is 16.7 Å². The molecule has 0 aliphatic heterocycles. The quantitative estimate of drug-likeness (QED) is 0.792. The predicted octanol–water partition coefficient (Wildman–Crippen LogP) is 2.99. The fourth-order valence-corrected chi connectivity index (χ4v) is 2.26. The van der Waals surface area contributed by atoms with Crippen LogP contribution in [0.4, 0.5) is 0 Å². The van der Waals surface area contributed by atoms with Crippen molar-refractivity contribution in [2.45, 2.75) is 6.54 Å². The Morgan fingerprint density at radius 1 is 1.30 bits per heavy atom.